The van der Waals surface area contributed by atoms with Gasteiger partial charge in [0.1, 0.15) is 0 Å². The van der Waals surface area contributed by atoms with E-state index in [1.807, 2.05) is 0 Å². The molecule has 3 aliphatic rings. The van der Waals surface area contributed by atoms with Crippen molar-refractivity contribution in [2.45, 2.75) is 69.5 Å². The van der Waals surface area contributed by atoms with Crippen LogP contribution in [0, 0.1) is 5.92 Å². The molecule has 0 saturated carbocycles. The lowest BCUT2D eigenvalue weighted by molar-refractivity contribution is -0.142. The minimum Gasteiger partial charge on any atom is -0.481 e. The fourth-order valence-electron chi connectivity index (χ4n) is 4.20. The van der Waals surface area contributed by atoms with Gasteiger partial charge in [-0.05, 0) is 38.5 Å². The molecule has 2 bridgehead atoms. The Kier molecular flexibility index (Phi) is 3.42. The first-order chi connectivity index (χ1) is 8.77. The molecule has 1 N–H and O–H groups in total. The Bertz CT molecular complexity index is 352. The molecule has 0 amide bonds. The zero-order valence-corrected chi connectivity index (χ0v) is 10.9. The molecule has 2 heterocycles. The molecule has 0 aromatic rings. The third kappa shape index (κ3) is 2.09. The van der Waals surface area contributed by atoms with Crippen LogP contribution in [0.15, 0.2) is 12.2 Å². The monoisotopic (exact) mass is 249 g/mol. The average Bonchev–Trinajstić information content (AvgIpc) is 2.86. The number of aliphatic carboxylic acids is 1. The predicted octanol–water partition coefficient (Wildman–Crippen LogP) is 2.81. The molecule has 4 unspecified atom stereocenters. The lowest BCUT2D eigenvalue weighted by Crippen LogP contribution is -2.40. The highest BCUT2D eigenvalue weighted by molar-refractivity contribution is 5.71. The molecule has 0 aromatic carbocycles. The Morgan fingerprint density at radius 3 is 2.83 bits per heavy atom. The van der Waals surface area contributed by atoms with Gasteiger partial charge in [0, 0.05) is 18.1 Å². The minimum atomic E-state index is -0.581. The van der Waals surface area contributed by atoms with Crippen molar-refractivity contribution in [1.82, 2.24) is 4.90 Å². The van der Waals surface area contributed by atoms with E-state index in [9.17, 15) is 9.90 Å². The zero-order chi connectivity index (χ0) is 12.5. The minimum absolute atomic E-state index is 0.109. The predicted molar refractivity (Wildman–Crippen MR) is 70.4 cm³/mol. The first kappa shape index (κ1) is 12.2. The molecule has 2 aliphatic heterocycles. The number of nitrogens with zero attached hydrogens (tertiary/aromatic N) is 1. The quantitative estimate of drug-likeness (QED) is 0.765. The van der Waals surface area contributed by atoms with E-state index < -0.39 is 5.97 Å². The Hall–Kier alpha value is -0.830. The van der Waals surface area contributed by atoms with Gasteiger partial charge in [-0.2, -0.15) is 0 Å². The smallest absolute Gasteiger partial charge is 0.308 e. The van der Waals surface area contributed by atoms with Crippen molar-refractivity contribution in [2.75, 3.05) is 0 Å². The molecule has 3 rings (SSSR count). The van der Waals surface area contributed by atoms with Gasteiger partial charge in [0.05, 0.1) is 5.92 Å². The summed E-state index contributed by atoms with van der Waals surface area (Å²) in [7, 11) is 0. The van der Waals surface area contributed by atoms with Crippen molar-refractivity contribution in [1.29, 1.82) is 0 Å². The van der Waals surface area contributed by atoms with Crippen molar-refractivity contribution in [2.24, 2.45) is 5.92 Å². The number of hydrogen-bond donors (Lipinski definition) is 1. The van der Waals surface area contributed by atoms with Crippen molar-refractivity contribution >= 4 is 5.97 Å². The second-order valence-electron chi connectivity index (χ2n) is 6.06. The zero-order valence-electron chi connectivity index (χ0n) is 10.9. The van der Waals surface area contributed by atoms with Gasteiger partial charge < -0.3 is 5.11 Å². The van der Waals surface area contributed by atoms with Crippen LogP contribution in [0.25, 0.3) is 0 Å². The standard InChI is InChI=1S/C15H23NO2/c17-15(18)13-10-12-8-9-14(13)16(12)11-6-4-2-1-3-5-7-11/h4,6,11-14H,1-3,5,7-10H2,(H,17,18)/b6-4+. The van der Waals surface area contributed by atoms with E-state index in [-0.39, 0.29) is 5.92 Å². The van der Waals surface area contributed by atoms with Gasteiger partial charge >= 0.3 is 5.97 Å². The van der Waals surface area contributed by atoms with E-state index in [4.69, 9.17) is 0 Å². The summed E-state index contributed by atoms with van der Waals surface area (Å²) in [5.74, 6) is -0.690. The van der Waals surface area contributed by atoms with Crippen molar-refractivity contribution in [3.8, 4) is 0 Å². The van der Waals surface area contributed by atoms with Crippen molar-refractivity contribution < 1.29 is 9.90 Å². The number of carboxylic acid groups (broad SMARTS) is 1. The Balaban J connectivity index is 1.75. The summed E-state index contributed by atoms with van der Waals surface area (Å²) in [5.41, 5.74) is 0. The number of carboxylic acids is 1. The fourth-order valence-corrected chi connectivity index (χ4v) is 4.20. The highest BCUT2D eigenvalue weighted by atomic mass is 16.4. The molecule has 18 heavy (non-hydrogen) atoms. The molecule has 3 heteroatoms. The van der Waals surface area contributed by atoms with Crippen LogP contribution in [0.2, 0.25) is 0 Å². The number of carbonyl (C=O) groups is 1. The molecule has 3 nitrogen and oxygen atoms in total. The van der Waals surface area contributed by atoms with Crippen LogP contribution in [-0.2, 0) is 4.79 Å². The SMILES string of the molecule is O=C(O)C1CC2CCC1N2C1/C=C/CCCCC1. The summed E-state index contributed by atoms with van der Waals surface area (Å²) in [6.45, 7) is 0. The summed E-state index contributed by atoms with van der Waals surface area (Å²) in [6.07, 6.45) is 14.2. The van der Waals surface area contributed by atoms with E-state index in [2.05, 4.69) is 17.1 Å². The summed E-state index contributed by atoms with van der Waals surface area (Å²) in [4.78, 5) is 13.8. The molecule has 2 saturated heterocycles. The summed E-state index contributed by atoms with van der Waals surface area (Å²) in [6, 6.07) is 1.35. The van der Waals surface area contributed by atoms with E-state index in [1.54, 1.807) is 0 Å². The third-order valence-corrected chi connectivity index (χ3v) is 5.02. The first-order valence-corrected chi connectivity index (χ1v) is 7.44. The lowest BCUT2D eigenvalue weighted by atomic mass is 9.89. The van der Waals surface area contributed by atoms with E-state index >= 15 is 0 Å². The van der Waals surface area contributed by atoms with Crippen LogP contribution in [0.5, 0.6) is 0 Å². The fraction of sp³-hybridized carbons (Fsp3) is 0.800. The summed E-state index contributed by atoms with van der Waals surface area (Å²) >= 11 is 0. The molecule has 0 spiro atoms. The number of allylic oxidation sites excluding steroid dienone is 1. The maximum absolute atomic E-state index is 11.3. The lowest BCUT2D eigenvalue weighted by Gasteiger charge is -2.31. The van der Waals surface area contributed by atoms with Crippen LogP contribution in [0.1, 0.15) is 51.4 Å². The van der Waals surface area contributed by atoms with Crippen LogP contribution >= 0.6 is 0 Å². The van der Waals surface area contributed by atoms with E-state index in [0.717, 1.165) is 12.8 Å². The molecule has 2 fully saturated rings. The number of rotatable bonds is 2. The van der Waals surface area contributed by atoms with Gasteiger partial charge in [-0.15, -0.1) is 0 Å². The van der Waals surface area contributed by atoms with Crippen LogP contribution in [-0.4, -0.2) is 34.1 Å². The molecular weight excluding hydrogens is 226 g/mol. The molecule has 0 radical (unpaired) electrons. The second-order valence-corrected chi connectivity index (χ2v) is 6.06. The van der Waals surface area contributed by atoms with Gasteiger partial charge in [-0.1, -0.05) is 25.0 Å². The van der Waals surface area contributed by atoms with Gasteiger partial charge in [-0.3, -0.25) is 9.69 Å². The van der Waals surface area contributed by atoms with E-state index in [0.29, 0.717) is 18.1 Å². The summed E-state index contributed by atoms with van der Waals surface area (Å²) in [5, 5.41) is 9.31. The Morgan fingerprint density at radius 1 is 1.17 bits per heavy atom. The van der Waals surface area contributed by atoms with Crippen molar-refractivity contribution in [3.05, 3.63) is 12.2 Å². The maximum atomic E-state index is 11.3. The molecule has 100 valence electrons. The van der Waals surface area contributed by atoms with Gasteiger partial charge in [-0.25, -0.2) is 0 Å². The topological polar surface area (TPSA) is 40.5 Å². The summed E-state index contributed by atoms with van der Waals surface area (Å²) < 4.78 is 0. The number of hydrogen-bond acceptors (Lipinski definition) is 2. The molecule has 1 aliphatic carbocycles. The van der Waals surface area contributed by atoms with Gasteiger partial charge in [0.15, 0.2) is 0 Å². The second kappa shape index (κ2) is 5.04. The van der Waals surface area contributed by atoms with E-state index in [1.165, 1.54) is 38.5 Å². The first-order valence-electron chi connectivity index (χ1n) is 7.44. The highest BCUT2D eigenvalue weighted by Gasteiger charge is 2.50. The van der Waals surface area contributed by atoms with Crippen molar-refractivity contribution in [3.63, 3.8) is 0 Å². The van der Waals surface area contributed by atoms with Crippen LogP contribution < -0.4 is 0 Å². The molecular formula is C15H23NO2. The largest absolute Gasteiger partial charge is 0.481 e. The normalized spacial score (nSPS) is 42.4. The third-order valence-electron chi connectivity index (χ3n) is 5.02. The molecule has 0 aromatic heterocycles. The average molecular weight is 249 g/mol. The maximum Gasteiger partial charge on any atom is 0.308 e. The van der Waals surface area contributed by atoms with Gasteiger partial charge in [0.2, 0.25) is 0 Å². The Labute approximate surface area is 109 Å². The highest BCUT2D eigenvalue weighted by Crippen LogP contribution is 2.44. The van der Waals surface area contributed by atoms with Crippen LogP contribution in [0.3, 0.4) is 0 Å². The Morgan fingerprint density at radius 2 is 2.06 bits per heavy atom. The van der Waals surface area contributed by atoms with Crippen LogP contribution in [0.4, 0.5) is 0 Å². The van der Waals surface area contributed by atoms with Gasteiger partial charge in [0.25, 0.3) is 0 Å². The number of fused-ring (bicyclic) bond motifs is 2. The molecule has 4 atom stereocenters.